The molecule has 122 valence electrons. The van der Waals surface area contributed by atoms with Crippen molar-refractivity contribution in [3.05, 3.63) is 45.5 Å². The first-order chi connectivity index (χ1) is 9.93. The SMILES string of the molecule is Cc1ccc([C@@H](NC(=O)OC(C)(C)C)[C@@](C)(Br)[N+](=O)[O-])cc1. The zero-order valence-electron chi connectivity index (χ0n) is 13.3. The molecule has 0 aliphatic carbocycles. The number of alkyl halides is 1. The van der Waals surface area contributed by atoms with Crippen LogP contribution in [0.4, 0.5) is 4.79 Å². The molecule has 1 amide bonds. The van der Waals surface area contributed by atoms with Gasteiger partial charge in [0.2, 0.25) is 0 Å². The van der Waals surface area contributed by atoms with Crippen LogP contribution >= 0.6 is 15.9 Å². The van der Waals surface area contributed by atoms with E-state index in [1.165, 1.54) is 6.92 Å². The first-order valence-corrected chi connectivity index (χ1v) is 7.62. The Kier molecular flexibility index (Phi) is 5.56. The highest BCUT2D eigenvalue weighted by Gasteiger charge is 2.45. The predicted octanol–water partition coefficient (Wildman–Crippen LogP) is 3.95. The second-order valence-electron chi connectivity index (χ2n) is 6.27. The van der Waals surface area contributed by atoms with Crippen LogP contribution in [0.2, 0.25) is 0 Å². The van der Waals surface area contributed by atoms with Gasteiger partial charge in [0, 0.05) is 27.8 Å². The number of alkyl carbamates (subject to hydrolysis) is 1. The van der Waals surface area contributed by atoms with Crippen LogP contribution in [0.3, 0.4) is 0 Å². The number of aryl methyl sites for hydroxylation is 1. The van der Waals surface area contributed by atoms with E-state index >= 15 is 0 Å². The maximum absolute atomic E-state index is 12.0. The molecule has 22 heavy (non-hydrogen) atoms. The summed E-state index contributed by atoms with van der Waals surface area (Å²) in [5.74, 6) is 0. The van der Waals surface area contributed by atoms with Crippen molar-refractivity contribution >= 4 is 22.0 Å². The molecule has 1 rings (SSSR count). The van der Waals surface area contributed by atoms with Gasteiger partial charge in [0.25, 0.3) is 4.45 Å². The normalized spacial score (nSPS) is 15.5. The van der Waals surface area contributed by atoms with Crippen molar-refractivity contribution < 1.29 is 14.5 Å². The largest absolute Gasteiger partial charge is 0.444 e. The molecule has 1 aromatic carbocycles. The zero-order chi connectivity index (χ0) is 17.1. The minimum absolute atomic E-state index is 0.477. The lowest BCUT2D eigenvalue weighted by Crippen LogP contribution is -2.46. The fraction of sp³-hybridized carbons (Fsp3) is 0.533. The van der Waals surface area contributed by atoms with Crippen molar-refractivity contribution in [2.75, 3.05) is 0 Å². The molecule has 0 spiro atoms. The lowest BCUT2D eigenvalue weighted by Gasteiger charge is -2.28. The number of halogens is 1. The minimum Gasteiger partial charge on any atom is -0.444 e. The van der Waals surface area contributed by atoms with Crippen molar-refractivity contribution in [3.8, 4) is 0 Å². The molecule has 0 aromatic heterocycles. The number of hydrogen-bond acceptors (Lipinski definition) is 4. The molecule has 0 saturated heterocycles. The van der Waals surface area contributed by atoms with E-state index in [1.807, 2.05) is 19.1 Å². The van der Waals surface area contributed by atoms with E-state index < -0.39 is 27.1 Å². The van der Waals surface area contributed by atoms with Gasteiger partial charge in [0.15, 0.2) is 0 Å². The van der Waals surface area contributed by atoms with Gasteiger partial charge >= 0.3 is 6.09 Å². The van der Waals surface area contributed by atoms with Crippen LogP contribution in [0.1, 0.15) is 44.9 Å². The highest BCUT2D eigenvalue weighted by atomic mass is 79.9. The summed E-state index contributed by atoms with van der Waals surface area (Å²) in [6, 6.07) is 6.29. The van der Waals surface area contributed by atoms with Crippen molar-refractivity contribution in [1.29, 1.82) is 0 Å². The van der Waals surface area contributed by atoms with E-state index in [4.69, 9.17) is 4.74 Å². The molecule has 0 heterocycles. The maximum atomic E-state index is 12.0. The summed E-state index contributed by atoms with van der Waals surface area (Å²) in [5.41, 5.74) is 0.962. The van der Waals surface area contributed by atoms with Gasteiger partial charge in [-0.05, 0) is 33.3 Å². The van der Waals surface area contributed by atoms with Gasteiger partial charge in [-0.15, -0.1) is 0 Å². The fourth-order valence-corrected chi connectivity index (χ4v) is 2.19. The summed E-state index contributed by atoms with van der Waals surface area (Å²) in [4.78, 5) is 22.9. The summed E-state index contributed by atoms with van der Waals surface area (Å²) in [5, 5.41) is 13.9. The minimum atomic E-state index is -1.56. The average molecular weight is 373 g/mol. The van der Waals surface area contributed by atoms with Crippen molar-refractivity contribution in [2.45, 2.75) is 50.7 Å². The maximum Gasteiger partial charge on any atom is 0.408 e. The molecule has 0 bridgehead atoms. The van der Waals surface area contributed by atoms with Gasteiger partial charge in [-0.25, -0.2) is 4.79 Å². The zero-order valence-corrected chi connectivity index (χ0v) is 14.9. The van der Waals surface area contributed by atoms with Crippen molar-refractivity contribution in [1.82, 2.24) is 5.32 Å². The smallest absolute Gasteiger partial charge is 0.408 e. The van der Waals surface area contributed by atoms with Crippen LogP contribution in [-0.2, 0) is 4.74 Å². The summed E-state index contributed by atoms with van der Waals surface area (Å²) in [6.45, 7) is 8.51. The Morgan fingerprint density at radius 1 is 1.27 bits per heavy atom. The fourth-order valence-electron chi connectivity index (χ4n) is 1.81. The number of ether oxygens (including phenoxy) is 1. The van der Waals surface area contributed by atoms with Crippen LogP contribution in [0, 0.1) is 17.0 Å². The third-order valence-corrected chi connectivity index (χ3v) is 3.70. The number of amides is 1. The Balaban J connectivity index is 3.10. The van der Waals surface area contributed by atoms with Crippen molar-refractivity contribution in [3.63, 3.8) is 0 Å². The molecule has 0 radical (unpaired) electrons. The van der Waals surface area contributed by atoms with Crippen LogP contribution < -0.4 is 5.32 Å². The Morgan fingerprint density at radius 3 is 2.18 bits per heavy atom. The first-order valence-electron chi connectivity index (χ1n) is 6.83. The highest BCUT2D eigenvalue weighted by Crippen LogP contribution is 2.34. The second-order valence-corrected chi connectivity index (χ2v) is 7.88. The summed E-state index contributed by atoms with van der Waals surface area (Å²) >= 11 is 3.11. The number of nitro groups is 1. The number of hydrogen-bond donors (Lipinski definition) is 1. The Hall–Kier alpha value is -1.63. The quantitative estimate of drug-likeness (QED) is 0.375. The Bertz CT molecular complexity index is 550. The molecular weight excluding hydrogens is 352 g/mol. The standard InChI is InChI=1S/C15H21BrN2O4/c1-10-6-8-11(9-7-10)12(15(5,16)18(20)21)17-13(19)22-14(2,3)4/h6-9,12H,1-5H3,(H,17,19)/t12-,15+/m1/s1. The molecule has 2 atom stereocenters. The molecule has 0 fully saturated rings. The van der Waals surface area contributed by atoms with Gasteiger partial charge in [-0.2, -0.15) is 0 Å². The molecular formula is C15H21BrN2O4. The van der Waals surface area contributed by atoms with Gasteiger partial charge < -0.3 is 10.1 Å². The van der Waals surface area contributed by atoms with E-state index in [0.717, 1.165) is 5.56 Å². The summed E-state index contributed by atoms with van der Waals surface area (Å²) in [7, 11) is 0. The number of rotatable bonds is 4. The molecule has 7 heteroatoms. The molecule has 0 unspecified atom stereocenters. The molecule has 0 aliphatic heterocycles. The third kappa shape index (κ3) is 4.98. The van der Waals surface area contributed by atoms with Gasteiger partial charge in [-0.1, -0.05) is 29.8 Å². The molecule has 6 nitrogen and oxygen atoms in total. The summed E-state index contributed by atoms with van der Waals surface area (Å²) in [6.07, 6.45) is -0.703. The van der Waals surface area contributed by atoms with Crippen LogP contribution in [0.5, 0.6) is 0 Å². The van der Waals surface area contributed by atoms with E-state index in [9.17, 15) is 14.9 Å². The number of carbonyl (C=O) groups is 1. The van der Waals surface area contributed by atoms with Crippen LogP contribution in [0.25, 0.3) is 0 Å². The number of nitrogens with one attached hydrogen (secondary N) is 1. The number of benzene rings is 1. The monoisotopic (exact) mass is 372 g/mol. The van der Waals surface area contributed by atoms with Crippen LogP contribution in [-0.4, -0.2) is 21.1 Å². The van der Waals surface area contributed by atoms with Crippen molar-refractivity contribution in [2.24, 2.45) is 0 Å². The Labute approximate surface area is 138 Å². The lowest BCUT2D eigenvalue weighted by atomic mass is 9.99. The van der Waals surface area contributed by atoms with Crippen LogP contribution in [0.15, 0.2) is 24.3 Å². The van der Waals surface area contributed by atoms with E-state index in [1.54, 1.807) is 32.9 Å². The van der Waals surface area contributed by atoms with Gasteiger partial charge in [0.1, 0.15) is 11.6 Å². The molecule has 0 aliphatic rings. The van der Waals surface area contributed by atoms with E-state index in [0.29, 0.717) is 5.56 Å². The molecule has 1 aromatic rings. The third-order valence-electron chi connectivity index (χ3n) is 2.96. The van der Waals surface area contributed by atoms with Gasteiger partial charge in [0.05, 0.1) is 0 Å². The topological polar surface area (TPSA) is 81.5 Å². The predicted molar refractivity (Wildman–Crippen MR) is 87.6 cm³/mol. The number of nitrogens with zero attached hydrogens (tertiary/aromatic N) is 1. The number of carbonyl (C=O) groups excluding carboxylic acids is 1. The lowest BCUT2D eigenvalue weighted by molar-refractivity contribution is -0.536. The average Bonchev–Trinajstić information content (AvgIpc) is 2.34. The Morgan fingerprint density at radius 2 is 1.77 bits per heavy atom. The van der Waals surface area contributed by atoms with E-state index in [2.05, 4.69) is 21.2 Å². The first kappa shape index (κ1) is 18.4. The second kappa shape index (κ2) is 6.64. The van der Waals surface area contributed by atoms with Gasteiger partial charge in [-0.3, -0.25) is 10.1 Å². The summed E-state index contributed by atoms with van der Waals surface area (Å²) < 4.78 is 3.64. The molecule has 0 saturated carbocycles. The molecule has 1 N–H and O–H groups in total. The highest BCUT2D eigenvalue weighted by molar-refractivity contribution is 9.10. The van der Waals surface area contributed by atoms with E-state index in [-0.39, 0.29) is 0 Å².